The Hall–Kier alpha value is -1.62. The summed E-state index contributed by atoms with van der Waals surface area (Å²) in [5, 5.41) is 8.09. The average molecular weight is 247 g/mol. The zero-order chi connectivity index (χ0) is 12.3. The van der Waals surface area contributed by atoms with E-state index >= 15 is 0 Å². The minimum absolute atomic E-state index is 0.0781. The molecule has 17 heavy (non-hydrogen) atoms. The number of carbonyl (C=O) groups is 1. The molecule has 0 N–H and O–H groups in total. The van der Waals surface area contributed by atoms with Crippen LogP contribution in [0.4, 0.5) is 0 Å². The van der Waals surface area contributed by atoms with Gasteiger partial charge in [-0.2, -0.15) is 15.0 Å². The van der Waals surface area contributed by atoms with Gasteiger partial charge >= 0.3 is 0 Å². The molecule has 1 aromatic heterocycles. The fourth-order valence-electron chi connectivity index (χ4n) is 1.39. The predicted molar refractivity (Wildman–Crippen MR) is 66.8 cm³/mol. The van der Waals surface area contributed by atoms with Crippen molar-refractivity contribution in [3.05, 3.63) is 41.7 Å². The Bertz CT molecular complexity index is 519. The molecule has 0 bridgehead atoms. The van der Waals surface area contributed by atoms with Crippen molar-refractivity contribution in [1.29, 1.82) is 0 Å². The molecule has 0 fully saturated rings. The summed E-state index contributed by atoms with van der Waals surface area (Å²) in [4.78, 5) is 14.2. The molecule has 0 amide bonds. The van der Waals surface area contributed by atoms with Gasteiger partial charge in [0.1, 0.15) is 0 Å². The normalized spacial score (nSPS) is 10.5. The smallest absolute Gasteiger partial charge is 0.199 e. The summed E-state index contributed by atoms with van der Waals surface area (Å²) in [7, 11) is 1.74. The van der Waals surface area contributed by atoms with E-state index in [9.17, 15) is 4.79 Å². The number of nitrogens with zero attached hydrogens (tertiary/aromatic N) is 3. The Kier molecular flexibility index (Phi) is 3.58. The molecule has 0 spiro atoms. The Morgan fingerprint density at radius 3 is 2.65 bits per heavy atom. The SMILES string of the molecule is Cc1ccc(SC(=O)Cc2cnn(C)n2)cc1. The number of benzene rings is 1. The van der Waals surface area contributed by atoms with Crippen LogP contribution in [0, 0.1) is 6.92 Å². The highest BCUT2D eigenvalue weighted by molar-refractivity contribution is 8.13. The lowest BCUT2D eigenvalue weighted by molar-refractivity contribution is -0.110. The third kappa shape index (κ3) is 3.42. The molecule has 0 saturated heterocycles. The van der Waals surface area contributed by atoms with Crippen LogP contribution >= 0.6 is 11.8 Å². The minimum atomic E-state index is 0.0781. The van der Waals surface area contributed by atoms with Crippen LogP contribution in [0.1, 0.15) is 11.3 Å². The summed E-state index contributed by atoms with van der Waals surface area (Å²) in [6, 6.07) is 7.90. The van der Waals surface area contributed by atoms with E-state index < -0.39 is 0 Å². The Morgan fingerprint density at radius 1 is 1.35 bits per heavy atom. The molecule has 5 heteroatoms. The van der Waals surface area contributed by atoms with Crippen LogP contribution in [-0.4, -0.2) is 20.1 Å². The van der Waals surface area contributed by atoms with Crippen molar-refractivity contribution < 1.29 is 4.79 Å². The second-order valence-electron chi connectivity index (χ2n) is 3.79. The molecule has 4 nitrogen and oxygen atoms in total. The molecule has 0 unspecified atom stereocenters. The summed E-state index contributed by atoms with van der Waals surface area (Å²) in [6.07, 6.45) is 1.93. The number of hydrogen-bond acceptors (Lipinski definition) is 4. The lowest BCUT2D eigenvalue weighted by Crippen LogP contribution is -1.99. The first-order valence-corrected chi connectivity index (χ1v) is 6.08. The van der Waals surface area contributed by atoms with Crippen LogP contribution in [0.25, 0.3) is 0 Å². The van der Waals surface area contributed by atoms with E-state index in [1.165, 1.54) is 22.1 Å². The Morgan fingerprint density at radius 2 is 2.06 bits per heavy atom. The lowest BCUT2D eigenvalue weighted by atomic mass is 10.2. The highest BCUT2D eigenvalue weighted by Crippen LogP contribution is 2.20. The molecule has 2 aromatic rings. The van der Waals surface area contributed by atoms with Crippen LogP contribution in [0.2, 0.25) is 0 Å². The van der Waals surface area contributed by atoms with Crippen molar-refractivity contribution in [3.8, 4) is 0 Å². The average Bonchev–Trinajstić information content (AvgIpc) is 2.67. The molecule has 1 heterocycles. The molecule has 0 atom stereocenters. The van der Waals surface area contributed by atoms with Crippen molar-refractivity contribution >= 4 is 16.9 Å². The van der Waals surface area contributed by atoms with Gasteiger partial charge in [0.05, 0.1) is 18.3 Å². The second-order valence-corrected chi connectivity index (χ2v) is 4.92. The van der Waals surface area contributed by atoms with E-state index in [1.54, 1.807) is 13.2 Å². The van der Waals surface area contributed by atoms with E-state index in [0.29, 0.717) is 12.1 Å². The van der Waals surface area contributed by atoms with Gasteiger partial charge in [-0.1, -0.05) is 29.5 Å². The topological polar surface area (TPSA) is 47.8 Å². The first-order valence-electron chi connectivity index (χ1n) is 5.26. The third-order valence-corrected chi connectivity index (χ3v) is 3.11. The van der Waals surface area contributed by atoms with Gasteiger partial charge in [-0.25, -0.2) is 0 Å². The van der Waals surface area contributed by atoms with E-state index in [0.717, 1.165) is 4.90 Å². The van der Waals surface area contributed by atoms with Gasteiger partial charge in [0.15, 0.2) is 5.12 Å². The number of aryl methyl sites for hydroxylation is 2. The maximum Gasteiger partial charge on any atom is 0.199 e. The molecule has 88 valence electrons. The quantitative estimate of drug-likeness (QED) is 0.778. The van der Waals surface area contributed by atoms with Crippen LogP contribution < -0.4 is 0 Å². The van der Waals surface area contributed by atoms with Crippen molar-refractivity contribution in [2.75, 3.05) is 0 Å². The number of aromatic nitrogens is 3. The Balaban J connectivity index is 1.95. The molecule has 2 rings (SSSR count). The maximum atomic E-state index is 11.8. The maximum absolute atomic E-state index is 11.8. The zero-order valence-corrected chi connectivity index (χ0v) is 10.6. The zero-order valence-electron chi connectivity index (χ0n) is 9.75. The van der Waals surface area contributed by atoms with Gasteiger partial charge in [0.2, 0.25) is 0 Å². The minimum Gasteiger partial charge on any atom is -0.286 e. The summed E-state index contributed by atoms with van der Waals surface area (Å²) in [5.41, 5.74) is 1.90. The van der Waals surface area contributed by atoms with Gasteiger partial charge in [-0.3, -0.25) is 4.79 Å². The Labute approximate surface area is 104 Å². The van der Waals surface area contributed by atoms with Crippen molar-refractivity contribution in [1.82, 2.24) is 15.0 Å². The van der Waals surface area contributed by atoms with E-state index in [4.69, 9.17) is 0 Å². The fourth-order valence-corrected chi connectivity index (χ4v) is 2.15. The number of rotatable bonds is 3. The van der Waals surface area contributed by atoms with Crippen LogP contribution in [0.3, 0.4) is 0 Å². The molecule has 0 aliphatic carbocycles. The highest BCUT2D eigenvalue weighted by Gasteiger charge is 2.08. The number of hydrogen-bond donors (Lipinski definition) is 0. The first kappa shape index (κ1) is 11.9. The summed E-state index contributed by atoms with van der Waals surface area (Å²) < 4.78 is 0. The van der Waals surface area contributed by atoms with Crippen molar-refractivity contribution in [2.24, 2.45) is 7.05 Å². The van der Waals surface area contributed by atoms with Gasteiger partial charge in [-0.05, 0) is 19.1 Å². The highest BCUT2D eigenvalue weighted by atomic mass is 32.2. The summed E-state index contributed by atoms with van der Waals surface area (Å²) in [5.74, 6) is 0. The van der Waals surface area contributed by atoms with Crippen molar-refractivity contribution in [2.45, 2.75) is 18.2 Å². The number of thioether (sulfide) groups is 1. The molecule has 0 radical (unpaired) electrons. The summed E-state index contributed by atoms with van der Waals surface area (Å²) >= 11 is 1.24. The molecular weight excluding hydrogens is 234 g/mol. The van der Waals surface area contributed by atoms with Crippen molar-refractivity contribution in [3.63, 3.8) is 0 Å². The third-order valence-electron chi connectivity index (χ3n) is 2.23. The second kappa shape index (κ2) is 5.14. The first-order chi connectivity index (χ1) is 8.13. The van der Waals surface area contributed by atoms with Gasteiger partial charge in [0.25, 0.3) is 0 Å². The van der Waals surface area contributed by atoms with E-state index in [1.807, 2.05) is 31.2 Å². The predicted octanol–water partition coefficient (Wildman–Crippen LogP) is 1.98. The van der Waals surface area contributed by atoms with Gasteiger partial charge < -0.3 is 0 Å². The molecule has 0 aliphatic heterocycles. The van der Waals surface area contributed by atoms with E-state index in [-0.39, 0.29) is 5.12 Å². The molecule has 0 saturated carbocycles. The standard InChI is InChI=1S/C12H13N3OS/c1-9-3-5-11(6-4-9)17-12(16)7-10-8-13-15(2)14-10/h3-6,8H,7H2,1-2H3. The van der Waals surface area contributed by atoms with E-state index in [2.05, 4.69) is 10.2 Å². The summed E-state index contributed by atoms with van der Waals surface area (Å²) in [6.45, 7) is 2.02. The lowest BCUT2D eigenvalue weighted by Gasteiger charge is -1.99. The number of carbonyl (C=O) groups excluding carboxylic acids is 1. The molecular formula is C12H13N3OS. The molecule has 1 aromatic carbocycles. The fraction of sp³-hybridized carbons (Fsp3) is 0.250. The van der Waals surface area contributed by atoms with Crippen LogP contribution in [-0.2, 0) is 18.3 Å². The monoisotopic (exact) mass is 247 g/mol. The molecule has 0 aliphatic rings. The van der Waals surface area contributed by atoms with Gasteiger partial charge in [0, 0.05) is 11.9 Å². The van der Waals surface area contributed by atoms with Crippen LogP contribution in [0.15, 0.2) is 35.4 Å². The largest absolute Gasteiger partial charge is 0.286 e. The van der Waals surface area contributed by atoms with Crippen LogP contribution in [0.5, 0.6) is 0 Å². The van der Waals surface area contributed by atoms with Gasteiger partial charge in [-0.15, -0.1) is 0 Å².